The van der Waals surface area contributed by atoms with E-state index in [1.54, 1.807) is 6.07 Å². The first-order valence-corrected chi connectivity index (χ1v) is 11.7. The number of nitrogens with one attached hydrogen (secondary N) is 1. The molecule has 0 radical (unpaired) electrons. The monoisotopic (exact) mass is 453 g/mol. The number of hydrogen-bond acceptors (Lipinski definition) is 6. The van der Waals surface area contributed by atoms with Crippen LogP contribution in [0.1, 0.15) is 37.0 Å². The number of nitrogens with zero attached hydrogens (tertiary/aromatic N) is 4. The molecule has 1 N–H and O–H groups in total. The summed E-state index contributed by atoms with van der Waals surface area (Å²) < 4.78 is 38.5. The number of halogens is 3. The molecule has 1 amide bonds. The molecule has 0 bridgehead atoms. The number of anilines is 1. The second-order valence-corrected chi connectivity index (χ2v) is 10.2. The Hall–Kier alpha value is -1.94. The van der Waals surface area contributed by atoms with Crippen LogP contribution in [0.4, 0.5) is 19.0 Å². The summed E-state index contributed by atoms with van der Waals surface area (Å²) >= 11 is 1.08. The zero-order chi connectivity index (χ0) is 21.6. The smallest absolute Gasteiger partial charge is 0.355 e. The molecule has 2 unspecified atom stereocenters. The van der Waals surface area contributed by atoms with E-state index >= 15 is 0 Å². The van der Waals surface area contributed by atoms with Crippen molar-refractivity contribution >= 4 is 33.3 Å². The highest BCUT2D eigenvalue weighted by atomic mass is 32.1. The fourth-order valence-corrected chi connectivity index (χ4v) is 6.31. The van der Waals surface area contributed by atoms with Gasteiger partial charge in [-0.25, -0.2) is 9.97 Å². The summed E-state index contributed by atoms with van der Waals surface area (Å²) in [7, 11) is 0. The van der Waals surface area contributed by atoms with Gasteiger partial charge >= 0.3 is 6.18 Å². The average Bonchev–Trinajstić information content (AvgIpc) is 3.45. The van der Waals surface area contributed by atoms with Gasteiger partial charge in [0.05, 0.1) is 17.8 Å². The van der Waals surface area contributed by atoms with Gasteiger partial charge in [0.2, 0.25) is 5.91 Å². The van der Waals surface area contributed by atoms with Gasteiger partial charge in [-0.2, -0.15) is 13.2 Å². The van der Waals surface area contributed by atoms with Crippen LogP contribution in [0.15, 0.2) is 12.4 Å². The van der Waals surface area contributed by atoms with Crippen molar-refractivity contribution in [2.75, 3.05) is 37.6 Å². The first-order chi connectivity index (χ1) is 14.8. The van der Waals surface area contributed by atoms with Gasteiger partial charge in [0.25, 0.3) is 0 Å². The van der Waals surface area contributed by atoms with Crippen molar-refractivity contribution < 1.29 is 18.0 Å². The zero-order valence-corrected chi connectivity index (χ0v) is 18.1. The molecule has 31 heavy (non-hydrogen) atoms. The van der Waals surface area contributed by atoms with E-state index in [0.717, 1.165) is 76.2 Å². The third kappa shape index (κ3) is 4.24. The summed E-state index contributed by atoms with van der Waals surface area (Å²) in [5, 5.41) is 4.05. The van der Waals surface area contributed by atoms with Crippen molar-refractivity contribution in [2.24, 2.45) is 5.41 Å². The average molecular weight is 454 g/mol. The molecule has 6 nitrogen and oxygen atoms in total. The number of piperidine rings is 1. The van der Waals surface area contributed by atoms with Crippen molar-refractivity contribution in [3.05, 3.63) is 17.3 Å². The molecular formula is C21H26F3N5OS. The maximum atomic E-state index is 12.9. The van der Waals surface area contributed by atoms with Crippen molar-refractivity contribution in [3.8, 4) is 0 Å². The molecule has 0 aromatic carbocycles. The lowest BCUT2D eigenvalue weighted by atomic mass is 9.86. The summed E-state index contributed by atoms with van der Waals surface area (Å²) in [6.45, 7) is 3.99. The summed E-state index contributed by atoms with van der Waals surface area (Å²) in [6, 6.07) is 1.54. The minimum absolute atomic E-state index is 0.0341. The molecule has 2 atom stereocenters. The Balaban J connectivity index is 1.30. The molecule has 168 valence electrons. The van der Waals surface area contributed by atoms with E-state index in [4.69, 9.17) is 0 Å². The lowest BCUT2D eigenvalue weighted by Crippen LogP contribution is -2.48. The van der Waals surface area contributed by atoms with Crippen molar-refractivity contribution in [2.45, 2.75) is 50.7 Å². The van der Waals surface area contributed by atoms with E-state index in [1.165, 1.54) is 6.33 Å². The molecule has 10 heteroatoms. The van der Waals surface area contributed by atoms with Gasteiger partial charge in [0.15, 0.2) is 0 Å². The molecular weight excluding hydrogens is 427 g/mol. The second-order valence-electron chi connectivity index (χ2n) is 9.10. The summed E-state index contributed by atoms with van der Waals surface area (Å²) in [6.07, 6.45) is 1.31. The Morgan fingerprint density at radius 2 is 2.06 bits per heavy atom. The number of fused-ring (bicyclic) bond motifs is 1. The van der Waals surface area contributed by atoms with E-state index in [1.807, 2.05) is 4.90 Å². The SMILES string of the molecule is O=C(C1CCCCN1)N1CCC2(CCN(c3ncnc4sc(CC(F)(F)F)cc34)C2)C1. The fourth-order valence-electron chi connectivity index (χ4n) is 5.28. The molecule has 0 aliphatic carbocycles. The Bertz CT molecular complexity index is 974. The van der Waals surface area contributed by atoms with Crippen LogP contribution in [0.2, 0.25) is 0 Å². The molecule has 3 aliphatic heterocycles. The third-order valence-electron chi connectivity index (χ3n) is 6.83. The first kappa shape index (κ1) is 20.9. The van der Waals surface area contributed by atoms with Crippen LogP contribution in [0.5, 0.6) is 0 Å². The van der Waals surface area contributed by atoms with Gasteiger partial charge in [-0.3, -0.25) is 4.79 Å². The minimum atomic E-state index is -4.24. The zero-order valence-electron chi connectivity index (χ0n) is 17.2. The fraction of sp³-hybridized carbons (Fsp3) is 0.667. The Morgan fingerprint density at radius 1 is 1.23 bits per heavy atom. The van der Waals surface area contributed by atoms with Crippen LogP contribution in [0, 0.1) is 5.41 Å². The normalized spacial score (nSPS) is 27.0. The second kappa shape index (κ2) is 7.88. The number of carbonyl (C=O) groups is 1. The number of likely N-dealkylation sites (tertiary alicyclic amines) is 1. The number of rotatable bonds is 3. The van der Waals surface area contributed by atoms with Crippen LogP contribution in [0.25, 0.3) is 10.2 Å². The van der Waals surface area contributed by atoms with E-state index in [2.05, 4.69) is 20.2 Å². The topological polar surface area (TPSA) is 61.4 Å². The van der Waals surface area contributed by atoms with Crippen LogP contribution in [0.3, 0.4) is 0 Å². The molecule has 3 saturated heterocycles. The van der Waals surface area contributed by atoms with Gasteiger partial charge in [0.1, 0.15) is 17.0 Å². The number of thiophene rings is 1. The standard InChI is InChI=1S/C21H26F3N5OS/c22-21(23,24)10-14-9-15-17(26-13-27-18(15)31-14)28-7-4-20(11-28)5-8-29(12-20)19(30)16-3-1-2-6-25-16/h9,13,16,25H,1-8,10-12H2. The maximum Gasteiger partial charge on any atom is 0.393 e. The van der Waals surface area contributed by atoms with Crippen LogP contribution in [-0.2, 0) is 11.2 Å². The number of amides is 1. The molecule has 1 spiro atoms. The van der Waals surface area contributed by atoms with Crippen molar-refractivity contribution in [1.29, 1.82) is 0 Å². The largest absolute Gasteiger partial charge is 0.393 e. The third-order valence-corrected chi connectivity index (χ3v) is 7.87. The summed E-state index contributed by atoms with van der Waals surface area (Å²) in [5.41, 5.74) is 0.0341. The summed E-state index contributed by atoms with van der Waals surface area (Å²) in [5.74, 6) is 0.930. The number of aromatic nitrogens is 2. The van der Waals surface area contributed by atoms with Gasteiger partial charge in [0, 0.05) is 36.5 Å². The van der Waals surface area contributed by atoms with Gasteiger partial charge in [-0.05, 0) is 38.3 Å². The number of carbonyl (C=O) groups excluding carboxylic acids is 1. The maximum absolute atomic E-state index is 12.9. The highest BCUT2D eigenvalue weighted by Gasteiger charge is 2.46. The van der Waals surface area contributed by atoms with E-state index < -0.39 is 12.6 Å². The molecule has 5 heterocycles. The molecule has 2 aromatic heterocycles. The van der Waals surface area contributed by atoms with Gasteiger partial charge in [-0.15, -0.1) is 11.3 Å². The predicted molar refractivity (Wildman–Crippen MR) is 113 cm³/mol. The molecule has 0 saturated carbocycles. The van der Waals surface area contributed by atoms with Crippen molar-refractivity contribution in [3.63, 3.8) is 0 Å². The molecule has 3 aliphatic rings. The Kier molecular flexibility index (Phi) is 5.32. The molecule has 2 aromatic rings. The van der Waals surface area contributed by atoms with Gasteiger partial charge in [-0.1, -0.05) is 6.42 Å². The lowest BCUT2D eigenvalue weighted by Gasteiger charge is -2.29. The van der Waals surface area contributed by atoms with Crippen LogP contribution < -0.4 is 10.2 Å². The van der Waals surface area contributed by atoms with Crippen LogP contribution >= 0.6 is 11.3 Å². The number of alkyl halides is 3. The highest BCUT2D eigenvalue weighted by Crippen LogP contribution is 2.43. The Labute approximate surface area is 182 Å². The van der Waals surface area contributed by atoms with E-state index in [-0.39, 0.29) is 22.2 Å². The van der Waals surface area contributed by atoms with Crippen LogP contribution in [-0.4, -0.2) is 65.7 Å². The van der Waals surface area contributed by atoms with E-state index in [0.29, 0.717) is 16.0 Å². The quantitative estimate of drug-likeness (QED) is 0.772. The first-order valence-electron chi connectivity index (χ1n) is 10.9. The lowest BCUT2D eigenvalue weighted by molar-refractivity contribution is -0.133. The highest BCUT2D eigenvalue weighted by molar-refractivity contribution is 7.18. The molecule has 5 rings (SSSR count). The van der Waals surface area contributed by atoms with Crippen molar-refractivity contribution in [1.82, 2.24) is 20.2 Å². The minimum Gasteiger partial charge on any atom is -0.355 e. The summed E-state index contributed by atoms with van der Waals surface area (Å²) in [4.78, 5) is 26.6. The predicted octanol–water partition coefficient (Wildman–Crippen LogP) is 3.37. The van der Waals surface area contributed by atoms with E-state index in [9.17, 15) is 18.0 Å². The Morgan fingerprint density at radius 3 is 2.84 bits per heavy atom. The van der Waals surface area contributed by atoms with Gasteiger partial charge < -0.3 is 15.1 Å². The number of hydrogen-bond donors (Lipinski definition) is 1. The molecule has 3 fully saturated rings.